The number of rotatable bonds is 6. The lowest BCUT2D eigenvalue weighted by Gasteiger charge is -2.37. The molecule has 0 N–H and O–H groups in total. The van der Waals surface area contributed by atoms with Crippen LogP contribution in [0.2, 0.25) is 5.15 Å². The Morgan fingerprint density at radius 1 is 1.28 bits per heavy atom. The lowest BCUT2D eigenvalue weighted by atomic mass is 10.0. The number of likely N-dealkylation sites (tertiary alicyclic amines) is 1. The van der Waals surface area contributed by atoms with Crippen LogP contribution in [-0.2, 0) is 20.0 Å². The fourth-order valence-corrected chi connectivity index (χ4v) is 3.98. The van der Waals surface area contributed by atoms with Crippen molar-refractivity contribution >= 4 is 11.6 Å². The Bertz CT molecular complexity index is 683. The highest BCUT2D eigenvalue weighted by atomic mass is 35.5. The zero-order valence-electron chi connectivity index (χ0n) is 15.6. The average Bonchev–Trinajstić information content (AvgIpc) is 2.87. The lowest BCUT2D eigenvalue weighted by molar-refractivity contribution is 0.112. The number of nitrogens with zero attached hydrogens (tertiary/aromatic N) is 4. The van der Waals surface area contributed by atoms with E-state index in [4.69, 9.17) is 11.6 Å². The van der Waals surface area contributed by atoms with Gasteiger partial charge in [0.05, 0.1) is 5.69 Å². The van der Waals surface area contributed by atoms with Gasteiger partial charge < -0.3 is 4.90 Å². The van der Waals surface area contributed by atoms with E-state index in [1.54, 1.807) is 4.68 Å². The molecule has 2 aromatic rings. The first-order chi connectivity index (χ1) is 12.0. The van der Waals surface area contributed by atoms with Crippen molar-refractivity contribution in [3.8, 4) is 0 Å². The number of benzene rings is 1. The van der Waals surface area contributed by atoms with Crippen LogP contribution in [0.5, 0.6) is 0 Å². The highest BCUT2D eigenvalue weighted by molar-refractivity contribution is 6.30. The number of aromatic nitrogens is 2. The Hall–Kier alpha value is -1.36. The van der Waals surface area contributed by atoms with Crippen LogP contribution in [0.1, 0.15) is 29.7 Å². The summed E-state index contributed by atoms with van der Waals surface area (Å²) in [6, 6.07) is 11.4. The van der Waals surface area contributed by atoms with Gasteiger partial charge in [-0.2, -0.15) is 5.10 Å². The first-order valence-corrected chi connectivity index (χ1v) is 9.57. The van der Waals surface area contributed by atoms with E-state index in [2.05, 4.69) is 59.2 Å². The van der Waals surface area contributed by atoms with Gasteiger partial charge in [0.25, 0.3) is 0 Å². The summed E-state index contributed by atoms with van der Waals surface area (Å²) in [6.07, 6.45) is 3.64. The van der Waals surface area contributed by atoms with Gasteiger partial charge in [0.2, 0.25) is 0 Å². The SMILES string of the molecule is Cc1nn(C)c(Cl)c1CN1CCC[C@H](N(C)CCc2ccccc2)C1. The van der Waals surface area contributed by atoms with Gasteiger partial charge in [-0.15, -0.1) is 0 Å². The Morgan fingerprint density at radius 3 is 2.72 bits per heavy atom. The van der Waals surface area contributed by atoms with Gasteiger partial charge in [0.1, 0.15) is 5.15 Å². The smallest absolute Gasteiger partial charge is 0.131 e. The van der Waals surface area contributed by atoms with Crippen LogP contribution in [0, 0.1) is 6.92 Å². The Kier molecular flexibility index (Phi) is 6.15. The van der Waals surface area contributed by atoms with Crippen molar-refractivity contribution in [3.05, 3.63) is 52.3 Å². The summed E-state index contributed by atoms with van der Waals surface area (Å²) in [5, 5.41) is 5.22. The van der Waals surface area contributed by atoms with Crippen molar-refractivity contribution < 1.29 is 0 Å². The number of piperidine rings is 1. The van der Waals surface area contributed by atoms with E-state index in [-0.39, 0.29) is 0 Å². The molecule has 1 aliphatic rings. The molecule has 136 valence electrons. The summed E-state index contributed by atoms with van der Waals surface area (Å²) in [5.74, 6) is 0. The fourth-order valence-electron chi connectivity index (χ4n) is 3.74. The standard InChI is InChI=1S/C20H29ClN4/c1-16-19(20(21)24(3)22-16)15-25-12-7-10-18(14-25)23(2)13-11-17-8-5-4-6-9-17/h4-6,8-9,18H,7,10-15H2,1-3H3/t18-/m0/s1. The molecule has 0 saturated carbocycles. The molecule has 1 aromatic heterocycles. The minimum atomic E-state index is 0.619. The molecule has 25 heavy (non-hydrogen) atoms. The summed E-state index contributed by atoms with van der Waals surface area (Å²) in [5.41, 5.74) is 3.64. The van der Waals surface area contributed by atoms with Gasteiger partial charge in [-0.25, -0.2) is 0 Å². The minimum Gasteiger partial charge on any atom is -0.302 e. The number of hydrogen-bond acceptors (Lipinski definition) is 3. The zero-order valence-corrected chi connectivity index (χ0v) is 16.3. The molecule has 0 bridgehead atoms. The Morgan fingerprint density at radius 2 is 2.04 bits per heavy atom. The second kappa shape index (κ2) is 8.35. The summed E-state index contributed by atoms with van der Waals surface area (Å²) in [4.78, 5) is 5.06. The summed E-state index contributed by atoms with van der Waals surface area (Å²) in [7, 11) is 4.18. The molecule has 0 aliphatic carbocycles. The molecule has 3 rings (SSSR count). The van der Waals surface area contributed by atoms with Gasteiger partial charge in [-0.3, -0.25) is 9.58 Å². The average molecular weight is 361 g/mol. The highest BCUT2D eigenvalue weighted by Gasteiger charge is 2.24. The van der Waals surface area contributed by atoms with Crippen LogP contribution in [0.3, 0.4) is 0 Å². The summed E-state index contributed by atoms with van der Waals surface area (Å²) in [6.45, 7) is 6.31. The topological polar surface area (TPSA) is 24.3 Å². The van der Waals surface area contributed by atoms with Crippen LogP contribution < -0.4 is 0 Å². The highest BCUT2D eigenvalue weighted by Crippen LogP contribution is 2.23. The first kappa shape index (κ1) is 18.4. The second-order valence-electron chi connectivity index (χ2n) is 7.23. The van der Waals surface area contributed by atoms with Crippen LogP contribution in [0.4, 0.5) is 0 Å². The molecule has 4 nitrogen and oxygen atoms in total. The molecular weight excluding hydrogens is 332 g/mol. The van der Waals surface area contributed by atoms with Crippen molar-refractivity contribution in [2.75, 3.05) is 26.7 Å². The van der Waals surface area contributed by atoms with Gasteiger partial charge in [-0.1, -0.05) is 41.9 Å². The quantitative estimate of drug-likeness (QED) is 0.787. The van der Waals surface area contributed by atoms with E-state index in [0.717, 1.165) is 43.4 Å². The molecule has 0 spiro atoms. The monoisotopic (exact) mass is 360 g/mol. The largest absolute Gasteiger partial charge is 0.302 e. The molecule has 1 fully saturated rings. The van der Waals surface area contributed by atoms with Gasteiger partial charge in [-0.05, 0) is 45.3 Å². The zero-order chi connectivity index (χ0) is 17.8. The predicted molar refractivity (Wildman–Crippen MR) is 104 cm³/mol. The van der Waals surface area contributed by atoms with E-state index >= 15 is 0 Å². The molecular formula is C20H29ClN4. The molecule has 0 unspecified atom stereocenters. The van der Waals surface area contributed by atoms with Crippen LogP contribution in [-0.4, -0.2) is 52.3 Å². The van der Waals surface area contributed by atoms with Gasteiger partial charge in [0.15, 0.2) is 0 Å². The third kappa shape index (κ3) is 4.63. The number of halogens is 1. The normalized spacial score (nSPS) is 18.8. The third-order valence-corrected chi connectivity index (χ3v) is 5.82. The molecule has 0 amide bonds. The van der Waals surface area contributed by atoms with Crippen molar-refractivity contribution in [3.63, 3.8) is 0 Å². The Balaban J connectivity index is 1.55. The minimum absolute atomic E-state index is 0.619. The van der Waals surface area contributed by atoms with Crippen LogP contribution in [0.15, 0.2) is 30.3 Å². The van der Waals surface area contributed by atoms with Crippen LogP contribution >= 0.6 is 11.6 Å². The number of aryl methyl sites for hydroxylation is 2. The van der Waals surface area contributed by atoms with Crippen molar-refractivity contribution in [2.45, 2.75) is 38.8 Å². The molecule has 0 radical (unpaired) electrons. The van der Waals surface area contributed by atoms with E-state index < -0.39 is 0 Å². The second-order valence-corrected chi connectivity index (χ2v) is 7.58. The van der Waals surface area contributed by atoms with Crippen molar-refractivity contribution in [1.29, 1.82) is 0 Å². The number of hydrogen-bond donors (Lipinski definition) is 0. The van der Waals surface area contributed by atoms with Gasteiger partial charge in [0, 0.05) is 38.3 Å². The van der Waals surface area contributed by atoms with Crippen molar-refractivity contribution in [2.24, 2.45) is 7.05 Å². The molecule has 1 aromatic carbocycles. The maximum Gasteiger partial charge on any atom is 0.131 e. The third-order valence-electron chi connectivity index (χ3n) is 5.35. The summed E-state index contributed by atoms with van der Waals surface area (Å²) < 4.78 is 1.78. The molecule has 1 atom stereocenters. The molecule has 1 aliphatic heterocycles. The first-order valence-electron chi connectivity index (χ1n) is 9.19. The van der Waals surface area contributed by atoms with E-state index in [0.29, 0.717) is 6.04 Å². The van der Waals surface area contributed by atoms with E-state index in [1.807, 2.05) is 7.05 Å². The maximum absolute atomic E-state index is 6.41. The van der Waals surface area contributed by atoms with E-state index in [9.17, 15) is 0 Å². The summed E-state index contributed by atoms with van der Waals surface area (Å²) >= 11 is 6.41. The maximum atomic E-state index is 6.41. The van der Waals surface area contributed by atoms with Crippen molar-refractivity contribution in [1.82, 2.24) is 19.6 Å². The van der Waals surface area contributed by atoms with E-state index in [1.165, 1.54) is 24.0 Å². The lowest BCUT2D eigenvalue weighted by Crippen LogP contribution is -2.46. The Labute approximate surface area is 156 Å². The van der Waals surface area contributed by atoms with Gasteiger partial charge >= 0.3 is 0 Å². The molecule has 2 heterocycles. The number of likely N-dealkylation sites (N-methyl/N-ethyl adjacent to an activating group) is 1. The predicted octanol–water partition coefficient (Wildman–Crippen LogP) is 3.52. The fraction of sp³-hybridized carbons (Fsp3) is 0.550. The van der Waals surface area contributed by atoms with Crippen LogP contribution in [0.25, 0.3) is 0 Å². The molecule has 1 saturated heterocycles. The molecule has 5 heteroatoms.